The Morgan fingerprint density at radius 3 is 2.42 bits per heavy atom. The van der Waals surface area contributed by atoms with Crippen molar-refractivity contribution in [3.8, 4) is 0 Å². The van der Waals surface area contributed by atoms with Crippen molar-refractivity contribution in [1.82, 2.24) is 20.4 Å². The van der Waals surface area contributed by atoms with Crippen LogP contribution in [0, 0.1) is 11.8 Å². The van der Waals surface area contributed by atoms with E-state index in [2.05, 4.69) is 58.4 Å². The number of urea groups is 1. The zero-order chi connectivity index (χ0) is 29.3. The van der Waals surface area contributed by atoms with E-state index in [0.29, 0.717) is 24.8 Å². The molecule has 9 heteroatoms. The van der Waals surface area contributed by atoms with E-state index in [-0.39, 0.29) is 23.7 Å². The average Bonchev–Trinajstić information content (AvgIpc) is 2.96. The minimum atomic E-state index is -0.254. The maximum absolute atomic E-state index is 12.8. The highest BCUT2D eigenvalue weighted by molar-refractivity contribution is 6.04. The molecule has 4 N–H and O–H groups in total. The number of benzene rings is 1. The monoisotopic (exact) mass is 553 g/mol. The van der Waals surface area contributed by atoms with Crippen LogP contribution in [0.4, 0.5) is 4.79 Å². The molecule has 222 valence electrons. The van der Waals surface area contributed by atoms with Gasteiger partial charge in [0.2, 0.25) is 5.91 Å². The smallest absolute Gasteiger partial charge is 0.323 e. The third kappa shape index (κ3) is 11.9. The highest BCUT2D eigenvalue weighted by atomic mass is 16.2. The Labute approximate surface area is 241 Å². The van der Waals surface area contributed by atoms with Crippen LogP contribution in [0.15, 0.2) is 46.1 Å². The summed E-state index contributed by atoms with van der Waals surface area (Å²) in [5, 5.41) is 5.76. The summed E-state index contributed by atoms with van der Waals surface area (Å²) in [7, 11) is 1.61. The Morgan fingerprint density at radius 1 is 1.15 bits per heavy atom. The Balaban J connectivity index is 1.96. The minimum Gasteiger partial charge on any atom is -0.384 e. The van der Waals surface area contributed by atoms with E-state index in [1.807, 2.05) is 13.8 Å². The van der Waals surface area contributed by atoms with Crippen molar-refractivity contribution in [2.45, 2.75) is 78.8 Å². The van der Waals surface area contributed by atoms with Gasteiger partial charge in [-0.25, -0.2) is 9.79 Å². The van der Waals surface area contributed by atoms with Crippen molar-refractivity contribution >= 4 is 24.5 Å². The molecule has 2 rings (SSSR count). The fraction of sp³-hybridized carbons (Fsp3) is 0.613. The second-order valence-electron chi connectivity index (χ2n) is 10.9. The maximum Gasteiger partial charge on any atom is 0.323 e. The number of piperidine rings is 1. The van der Waals surface area contributed by atoms with E-state index >= 15 is 0 Å². The lowest BCUT2D eigenvalue weighted by Gasteiger charge is -2.32. The molecule has 1 aromatic carbocycles. The molecular weight excluding hydrogens is 502 g/mol. The number of unbranched alkanes of at least 4 members (excludes halogenated alkanes) is 3. The average molecular weight is 554 g/mol. The summed E-state index contributed by atoms with van der Waals surface area (Å²) in [6.07, 6.45) is 9.35. The number of nitrogens with two attached hydrogens (primary N) is 1. The van der Waals surface area contributed by atoms with Gasteiger partial charge in [0.1, 0.15) is 11.7 Å². The first-order valence-electron chi connectivity index (χ1n) is 14.8. The summed E-state index contributed by atoms with van der Waals surface area (Å²) >= 11 is 0. The van der Waals surface area contributed by atoms with Gasteiger partial charge in [0.05, 0.1) is 6.54 Å². The standard InChI is InChI=1S/C31H51N7O2/c1-6-7-8-9-17-35-29(21-28(32)33-4)38(31(40)34-5)23-27-12-10-26(11-13-27)22-37-19-15-25(16-20-37)14-18-36-30(39)24(2)3/h10-13,21,24-25H,4,6-9,14-20,22-23,32H2,1-3,5H3,(H,34,40)(H,36,39)/b28-21-,35-29+. The summed E-state index contributed by atoms with van der Waals surface area (Å²) in [4.78, 5) is 37.2. The van der Waals surface area contributed by atoms with Crippen LogP contribution in [0.2, 0.25) is 0 Å². The number of hydrogen-bond acceptors (Lipinski definition) is 6. The van der Waals surface area contributed by atoms with Gasteiger partial charge < -0.3 is 16.4 Å². The Kier molecular flexibility index (Phi) is 15.0. The van der Waals surface area contributed by atoms with Crippen LogP contribution in [0.3, 0.4) is 0 Å². The van der Waals surface area contributed by atoms with Gasteiger partial charge in [0, 0.05) is 38.7 Å². The topological polar surface area (TPSA) is 115 Å². The van der Waals surface area contributed by atoms with E-state index in [9.17, 15) is 9.59 Å². The predicted molar refractivity (Wildman–Crippen MR) is 165 cm³/mol. The van der Waals surface area contributed by atoms with E-state index in [0.717, 1.165) is 70.3 Å². The number of nitrogens with zero attached hydrogens (tertiary/aromatic N) is 4. The molecule has 0 spiro atoms. The van der Waals surface area contributed by atoms with E-state index < -0.39 is 0 Å². The van der Waals surface area contributed by atoms with Crippen LogP contribution in [-0.4, -0.2) is 67.5 Å². The summed E-state index contributed by atoms with van der Waals surface area (Å²) < 4.78 is 0. The molecule has 40 heavy (non-hydrogen) atoms. The fourth-order valence-electron chi connectivity index (χ4n) is 4.74. The number of amides is 3. The maximum atomic E-state index is 12.8. The van der Waals surface area contributed by atoms with Crippen molar-refractivity contribution < 1.29 is 9.59 Å². The van der Waals surface area contributed by atoms with Crippen LogP contribution in [0.25, 0.3) is 0 Å². The SMILES string of the molecule is C=N/C(N)=C\C(=N/CCCCCC)N(Cc1ccc(CN2CCC(CCNC(=O)C(C)C)CC2)cc1)C(=O)NC. The molecule has 9 nitrogen and oxygen atoms in total. The minimum absolute atomic E-state index is 0.0424. The molecule has 0 aromatic heterocycles. The van der Waals surface area contributed by atoms with Gasteiger partial charge in [-0.2, -0.15) is 0 Å². The fourth-order valence-corrected chi connectivity index (χ4v) is 4.74. The van der Waals surface area contributed by atoms with Gasteiger partial charge in [0.25, 0.3) is 0 Å². The van der Waals surface area contributed by atoms with Gasteiger partial charge in [0.15, 0.2) is 0 Å². The van der Waals surface area contributed by atoms with Crippen LogP contribution >= 0.6 is 0 Å². The molecule has 1 heterocycles. The van der Waals surface area contributed by atoms with E-state index in [1.165, 1.54) is 12.0 Å². The molecular formula is C31H51N7O2. The van der Waals surface area contributed by atoms with Crippen LogP contribution in [-0.2, 0) is 17.9 Å². The number of nitrogens with one attached hydrogen (secondary N) is 2. The number of aliphatic imine (C=N–C) groups is 2. The van der Waals surface area contributed by atoms with E-state index in [1.54, 1.807) is 18.0 Å². The first-order valence-corrected chi connectivity index (χ1v) is 14.8. The number of amidine groups is 1. The Morgan fingerprint density at radius 2 is 1.82 bits per heavy atom. The van der Waals surface area contributed by atoms with Crippen LogP contribution < -0.4 is 16.4 Å². The summed E-state index contributed by atoms with van der Waals surface area (Å²) in [6.45, 7) is 14.3. The van der Waals surface area contributed by atoms with Crippen molar-refractivity contribution in [1.29, 1.82) is 0 Å². The molecule has 0 radical (unpaired) electrons. The van der Waals surface area contributed by atoms with Crippen molar-refractivity contribution in [2.24, 2.45) is 27.6 Å². The van der Waals surface area contributed by atoms with Crippen molar-refractivity contribution in [3.05, 3.63) is 47.3 Å². The van der Waals surface area contributed by atoms with Crippen molar-refractivity contribution in [2.75, 3.05) is 33.2 Å². The largest absolute Gasteiger partial charge is 0.384 e. The number of hydrogen-bond donors (Lipinski definition) is 3. The summed E-state index contributed by atoms with van der Waals surface area (Å²) in [5.41, 5.74) is 8.19. The van der Waals surface area contributed by atoms with Gasteiger partial charge in [-0.1, -0.05) is 64.3 Å². The summed E-state index contributed by atoms with van der Waals surface area (Å²) in [6, 6.07) is 8.18. The second-order valence-corrected chi connectivity index (χ2v) is 10.9. The lowest BCUT2D eigenvalue weighted by Crippen LogP contribution is -2.41. The Hall–Kier alpha value is -3.20. The molecule has 1 aliphatic rings. The van der Waals surface area contributed by atoms with Crippen LogP contribution in [0.1, 0.15) is 76.8 Å². The predicted octanol–water partition coefficient (Wildman–Crippen LogP) is 4.68. The molecule has 1 saturated heterocycles. The van der Waals surface area contributed by atoms with Gasteiger partial charge >= 0.3 is 6.03 Å². The highest BCUT2D eigenvalue weighted by Gasteiger charge is 2.21. The third-order valence-corrected chi connectivity index (χ3v) is 7.33. The van der Waals surface area contributed by atoms with Gasteiger partial charge in [-0.15, -0.1) is 0 Å². The number of carbonyl (C=O) groups excluding carboxylic acids is 2. The summed E-state index contributed by atoms with van der Waals surface area (Å²) in [5.74, 6) is 1.56. The molecule has 3 amide bonds. The second kappa shape index (κ2) is 18.2. The number of carbonyl (C=O) groups is 2. The third-order valence-electron chi connectivity index (χ3n) is 7.33. The molecule has 0 atom stereocenters. The van der Waals surface area contributed by atoms with E-state index in [4.69, 9.17) is 10.7 Å². The molecule has 0 saturated carbocycles. The van der Waals surface area contributed by atoms with Crippen molar-refractivity contribution in [3.63, 3.8) is 0 Å². The zero-order valence-corrected chi connectivity index (χ0v) is 25.1. The molecule has 0 unspecified atom stereocenters. The zero-order valence-electron chi connectivity index (χ0n) is 25.1. The lowest BCUT2D eigenvalue weighted by atomic mass is 9.93. The first kappa shape index (κ1) is 33.0. The van der Waals surface area contributed by atoms with Crippen LogP contribution in [0.5, 0.6) is 0 Å². The molecule has 1 aliphatic heterocycles. The molecule has 0 bridgehead atoms. The molecule has 0 aliphatic carbocycles. The molecule has 1 aromatic rings. The number of rotatable bonds is 15. The normalized spacial score (nSPS) is 15.2. The van der Waals surface area contributed by atoms with Gasteiger partial charge in [-0.3, -0.25) is 19.6 Å². The highest BCUT2D eigenvalue weighted by Crippen LogP contribution is 2.22. The Bertz CT molecular complexity index is 980. The van der Waals surface area contributed by atoms with Gasteiger partial charge in [-0.05, 0) is 62.5 Å². The molecule has 1 fully saturated rings. The number of likely N-dealkylation sites (tertiary alicyclic amines) is 1. The quantitative estimate of drug-likeness (QED) is 0.166. The lowest BCUT2D eigenvalue weighted by molar-refractivity contribution is -0.124. The first-order chi connectivity index (χ1) is 19.3.